The third-order valence-electron chi connectivity index (χ3n) is 7.42. The lowest BCUT2D eigenvalue weighted by Gasteiger charge is -2.15. The second-order valence-corrected chi connectivity index (χ2v) is 10.7. The fourth-order valence-corrected chi connectivity index (χ4v) is 4.92. The van der Waals surface area contributed by atoms with Crippen LogP contribution in [0.1, 0.15) is 47.4 Å². The maximum absolute atomic E-state index is 11.5. The predicted molar refractivity (Wildman–Crippen MR) is 181 cm³/mol. The quantitative estimate of drug-likeness (QED) is 0.178. The van der Waals surface area contributed by atoms with Gasteiger partial charge in [0.1, 0.15) is 24.3 Å². The van der Waals surface area contributed by atoms with Crippen LogP contribution in [0.4, 0.5) is 11.6 Å². The Kier molecular flexibility index (Phi) is 9.19. The van der Waals surface area contributed by atoms with Crippen molar-refractivity contribution in [3.05, 3.63) is 145 Å². The Hall–Kier alpha value is -6.43. The highest BCUT2D eigenvalue weighted by Crippen LogP contribution is 2.22. The number of carbonyl (C=O) groups excluding carboxylic acids is 1. The van der Waals surface area contributed by atoms with E-state index in [0.717, 1.165) is 28.2 Å². The molecule has 4 N–H and O–H groups in total. The number of fused-ring (bicyclic) bond motifs is 1. The third-order valence-corrected chi connectivity index (χ3v) is 7.42. The monoisotopic (exact) mass is 623 g/mol. The first kappa shape index (κ1) is 30.6. The second kappa shape index (κ2) is 14.1. The Bertz CT molecular complexity index is 2060. The highest BCUT2D eigenvalue weighted by atomic mass is 16.1. The van der Waals surface area contributed by atoms with Gasteiger partial charge in [-0.3, -0.25) is 23.9 Å². The number of primary amides is 1. The summed E-state index contributed by atoms with van der Waals surface area (Å²) in [6.45, 7) is 4.16. The summed E-state index contributed by atoms with van der Waals surface area (Å²) < 4.78 is 3.61. The predicted octanol–water partition coefficient (Wildman–Crippen LogP) is 5.92. The number of hydrogen-bond donors (Lipinski definition) is 3. The van der Waals surface area contributed by atoms with Crippen molar-refractivity contribution in [1.29, 1.82) is 0 Å². The summed E-state index contributed by atoms with van der Waals surface area (Å²) in [5.41, 5.74) is 9.67. The van der Waals surface area contributed by atoms with Crippen LogP contribution in [0, 0.1) is 0 Å². The molecule has 0 spiro atoms. The Balaban J connectivity index is 0.000000172. The van der Waals surface area contributed by atoms with E-state index >= 15 is 0 Å². The van der Waals surface area contributed by atoms with Crippen LogP contribution >= 0.6 is 0 Å². The van der Waals surface area contributed by atoms with Gasteiger partial charge in [0.15, 0.2) is 11.6 Å². The number of aromatic nitrogens is 8. The molecule has 0 radical (unpaired) electrons. The third kappa shape index (κ3) is 7.45. The number of anilines is 2. The highest BCUT2D eigenvalue weighted by molar-refractivity contribution is 5.96. The largest absolute Gasteiger partial charge is 0.366 e. The average Bonchev–Trinajstić information content (AvgIpc) is 3.80. The lowest BCUT2D eigenvalue weighted by molar-refractivity contribution is 0.100. The van der Waals surface area contributed by atoms with Crippen molar-refractivity contribution < 1.29 is 4.79 Å². The molecule has 0 aliphatic carbocycles. The Morgan fingerprint density at radius 2 is 1.32 bits per heavy atom. The number of imidazole rings is 2. The lowest BCUT2D eigenvalue weighted by atomic mass is 10.1. The van der Waals surface area contributed by atoms with E-state index in [2.05, 4.69) is 78.7 Å². The summed E-state index contributed by atoms with van der Waals surface area (Å²) in [5, 5.41) is 6.71. The van der Waals surface area contributed by atoms with E-state index in [1.165, 1.54) is 5.56 Å². The number of nitrogens with one attached hydrogen (secondary N) is 2. The van der Waals surface area contributed by atoms with E-state index in [9.17, 15) is 4.79 Å². The van der Waals surface area contributed by atoms with Gasteiger partial charge in [0.25, 0.3) is 0 Å². The number of hydrogen-bond acceptors (Lipinski definition) is 9. The zero-order chi connectivity index (χ0) is 32.6. The van der Waals surface area contributed by atoms with Gasteiger partial charge in [-0.05, 0) is 43.2 Å². The summed E-state index contributed by atoms with van der Waals surface area (Å²) in [4.78, 5) is 37.5. The van der Waals surface area contributed by atoms with Gasteiger partial charge in [-0.25, -0.2) is 19.9 Å². The van der Waals surface area contributed by atoms with E-state index < -0.39 is 5.91 Å². The maximum atomic E-state index is 11.5. The molecule has 7 aromatic rings. The Labute approximate surface area is 271 Å². The molecule has 1 amide bonds. The van der Waals surface area contributed by atoms with E-state index in [-0.39, 0.29) is 12.1 Å². The van der Waals surface area contributed by atoms with Gasteiger partial charge in [-0.2, -0.15) is 0 Å². The number of carbonyl (C=O) groups is 1. The molecular weight excluding hydrogens is 590 g/mol. The molecule has 47 heavy (non-hydrogen) atoms. The molecule has 0 bridgehead atoms. The summed E-state index contributed by atoms with van der Waals surface area (Å²) in [6, 6.07) is 25.7. The van der Waals surface area contributed by atoms with Crippen molar-refractivity contribution in [2.45, 2.75) is 25.9 Å². The van der Waals surface area contributed by atoms with Crippen LogP contribution in [0.25, 0.3) is 22.7 Å². The van der Waals surface area contributed by atoms with Crippen LogP contribution in [0.5, 0.6) is 0 Å². The maximum Gasteiger partial charge on any atom is 0.248 e. The number of nitrogens with two attached hydrogens (primary N) is 1. The van der Waals surface area contributed by atoms with Gasteiger partial charge < -0.3 is 16.4 Å². The number of amides is 1. The minimum atomic E-state index is -0.483. The molecule has 2 atom stereocenters. The normalized spacial score (nSPS) is 12.0. The van der Waals surface area contributed by atoms with Crippen molar-refractivity contribution in [1.82, 2.24) is 39.0 Å². The second-order valence-electron chi connectivity index (χ2n) is 10.7. The SMILES string of the molecule is C[C@@H](Nc1cncc(-n2ccnc2)n1)c1ccccc1.C[C@H](Nc1cncc(-n2cnc3ccc(C(N)=O)cc32)n1)c1ccccc1. The van der Waals surface area contributed by atoms with Crippen LogP contribution in [0.15, 0.2) is 129 Å². The van der Waals surface area contributed by atoms with E-state index in [4.69, 9.17) is 5.73 Å². The van der Waals surface area contributed by atoms with E-state index in [1.54, 1.807) is 66.4 Å². The minimum absolute atomic E-state index is 0.0803. The number of nitrogens with zero attached hydrogens (tertiary/aromatic N) is 8. The summed E-state index contributed by atoms with van der Waals surface area (Å²) in [5.74, 6) is 2.25. The first-order valence-corrected chi connectivity index (χ1v) is 15.0. The van der Waals surface area contributed by atoms with Crippen LogP contribution < -0.4 is 16.4 Å². The van der Waals surface area contributed by atoms with Gasteiger partial charge in [-0.1, -0.05) is 60.7 Å². The molecule has 0 aliphatic rings. The smallest absolute Gasteiger partial charge is 0.248 e. The minimum Gasteiger partial charge on any atom is -0.366 e. The number of rotatable bonds is 9. The van der Waals surface area contributed by atoms with Crippen LogP contribution in [0.2, 0.25) is 0 Å². The summed E-state index contributed by atoms with van der Waals surface area (Å²) in [6.07, 6.45) is 13.7. The summed E-state index contributed by atoms with van der Waals surface area (Å²) >= 11 is 0. The molecule has 4 heterocycles. The molecule has 12 heteroatoms. The average molecular weight is 624 g/mol. The van der Waals surface area contributed by atoms with Crippen LogP contribution in [-0.2, 0) is 0 Å². The van der Waals surface area contributed by atoms with Crippen LogP contribution in [0.3, 0.4) is 0 Å². The zero-order valence-corrected chi connectivity index (χ0v) is 25.8. The molecule has 0 saturated carbocycles. The van der Waals surface area contributed by atoms with Gasteiger partial charge in [0.2, 0.25) is 5.91 Å². The van der Waals surface area contributed by atoms with Gasteiger partial charge in [-0.15, -0.1) is 0 Å². The molecular formula is C35H33N11O. The molecule has 3 aromatic carbocycles. The molecule has 234 valence electrons. The fourth-order valence-electron chi connectivity index (χ4n) is 4.92. The number of benzene rings is 3. The van der Waals surface area contributed by atoms with Crippen molar-refractivity contribution in [3.63, 3.8) is 0 Å². The molecule has 0 aliphatic heterocycles. The Morgan fingerprint density at radius 1 is 0.723 bits per heavy atom. The van der Waals surface area contributed by atoms with Crippen molar-refractivity contribution in [3.8, 4) is 11.6 Å². The first-order chi connectivity index (χ1) is 22.9. The molecule has 12 nitrogen and oxygen atoms in total. The van der Waals surface area contributed by atoms with Crippen LogP contribution in [-0.4, -0.2) is 44.9 Å². The van der Waals surface area contributed by atoms with Gasteiger partial charge in [0, 0.05) is 30.0 Å². The van der Waals surface area contributed by atoms with Crippen molar-refractivity contribution >= 4 is 28.6 Å². The molecule has 4 aromatic heterocycles. The molecule has 0 fully saturated rings. The molecule has 0 saturated heterocycles. The zero-order valence-electron chi connectivity index (χ0n) is 25.8. The Morgan fingerprint density at radius 3 is 1.89 bits per heavy atom. The molecule has 0 unspecified atom stereocenters. The fraction of sp³-hybridized carbons (Fsp3) is 0.114. The topological polar surface area (TPSA) is 154 Å². The molecule has 7 rings (SSSR count). The van der Waals surface area contributed by atoms with E-state index in [0.29, 0.717) is 17.2 Å². The van der Waals surface area contributed by atoms with Crippen molar-refractivity contribution in [2.75, 3.05) is 10.6 Å². The summed E-state index contributed by atoms with van der Waals surface area (Å²) in [7, 11) is 0. The first-order valence-electron chi connectivity index (χ1n) is 15.0. The van der Waals surface area contributed by atoms with Gasteiger partial charge in [0.05, 0.1) is 35.8 Å². The van der Waals surface area contributed by atoms with Crippen molar-refractivity contribution in [2.24, 2.45) is 5.73 Å². The van der Waals surface area contributed by atoms with E-state index in [1.807, 2.05) is 47.2 Å². The lowest BCUT2D eigenvalue weighted by Crippen LogP contribution is -2.11. The standard InChI is InChI=1S/C20H18N6O.C15H15N5/c1-13(14-5-3-2-4-6-14)24-18-10-22-11-19(25-18)26-12-23-16-8-7-15(20(21)27)9-17(16)26;1-12(13-5-3-2-4-6-13)18-14-9-17-10-15(19-14)20-8-7-16-11-20/h2-13H,1H3,(H2,21,27)(H,24,25);2-12H,1H3,(H,18,19)/t13-;12-/m01/s1. The van der Waals surface area contributed by atoms with Gasteiger partial charge >= 0.3 is 0 Å². The highest BCUT2D eigenvalue weighted by Gasteiger charge is 2.12.